The molecule has 0 amide bonds. The van der Waals surface area contributed by atoms with Crippen molar-refractivity contribution in [3.8, 4) is 0 Å². The number of nitrogens with two attached hydrogens (primary N) is 1. The van der Waals surface area contributed by atoms with Gasteiger partial charge in [-0.05, 0) is 18.1 Å². The highest BCUT2D eigenvalue weighted by atomic mass is 16.4. The molecule has 3 heteroatoms. The minimum absolute atomic E-state index is 0.230. The van der Waals surface area contributed by atoms with Gasteiger partial charge in [0.15, 0.2) is 5.89 Å². The van der Waals surface area contributed by atoms with E-state index >= 15 is 0 Å². The summed E-state index contributed by atoms with van der Waals surface area (Å²) >= 11 is 0. The van der Waals surface area contributed by atoms with E-state index in [1.165, 1.54) is 11.1 Å². The molecule has 0 fully saturated rings. The molecule has 0 aliphatic carbocycles. The highest BCUT2D eigenvalue weighted by molar-refractivity contribution is 5.27. The quantitative estimate of drug-likeness (QED) is 0.878. The van der Waals surface area contributed by atoms with Crippen molar-refractivity contribution in [1.29, 1.82) is 0 Å². The van der Waals surface area contributed by atoms with E-state index in [1.54, 1.807) is 6.20 Å². The molecule has 0 aliphatic rings. The fourth-order valence-electron chi connectivity index (χ4n) is 1.72. The van der Waals surface area contributed by atoms with Crippen molar-refractivity contribution in [3.63, 3.8) is 0 Å². The summed E-state index contributed by atoms with van der Waals surface area (Å²) in [5.74, 6) is 1.86. The van der Waals surface area contributed by atoms with Crippen LogP contribution >= 0.6 is 0 Å². The number of aromatic nitrogens is 1. The lowest BCUT2D eigenvalue weighted by atomic mass is 10.1. The molecule has 0 radical (unpaired) electrons. The van der Waals surface area contributed by atoms with Gasteiger partial charge in [-0.25, -0.2) is 4.98 Å². The lowest BCUT2D eigenvalue weighted by molar-refractivity contribution is 0.440. The standard InChI is InChI=1S/C14H18N2O/c1-10-5-3-4-6-12(10)7-14-16-9-13(17-14)11(2)8-15/h3-6,9,11H,7-8,15H2,1-2H3. The third-order valence-electron chi connectivity index (χ3n) is 3.01. The zero-order chi connectivity index (χ0) is 12.3. The molecule has 0 bridgehead atoms. The first-order valence-corrected chi connectivity index (χ1v) is 5.90. The Morgan fingerprint density at radius 1 is 1.35 bits per heavy atom. The lowest BCUT2D eigenvalue weighted by Gasteiger charge is -2.03. The summed E-state index contributed by atoms with van der Waals surface area (Å²) in [4.78, 5) is 4.30. The van der Waals surface area contributed by atoms with Crippen molar-refractivity contribution in [2.75, 3.05) is 6.54 Å². The second-order valence-electron chi connectivity index (χ2n) is 4.40. The van der Waals surface area contributed by atoms with Crippen LogP contribution in [0.25, 0.3) is 0 Å². The van der Waals surface area contributed by atoms with Crippen molar-refractivity contribution in [2.45, 2.75) is 26.2 Å². The fourth-order valence-corrected chi connectivity index (χ4v) is 1.72. The second kappa shape index (κ2) is 5.15. The topological polar surface area (TPSA) is 52.0 Å². The average molecular weight is 230 g/mol. The summed E-state index contributed by atoms with van der Waals surface area (Å²) in [5, 5.41) is 0. The molecule has 2 N–H and O–H groups in total. The first kappa shape index (κ1) is 11.9. The molecular weight excluding hydrogens is 212 g/mol. The van der Waals surface area contributed by atoms with E-state index in [4.69, 9.17) is 10.2 Å². The van der Waals surface area contributed by atoms with Crippen LogP contribution in [0.15, 0.2) is 34.9 Å². The molecule has 1 aromatic heterocycles. The summed E-state index contributed by atoms with van der Waals surface area (Å²) in [7, 11) is 0. The third kappa shape index (κ3) is 2.74. The van der Waals surface area contributed by atoms with E-state index in [0.717, 1.165) is 18.1 Å². The van der Waals surface area contributed by atoms with Crippen LogP contribution in [0.4, 0.5) is 0 Å². The van der Waals surface area contributed by atoms with Crippen LogP contribution in [-0.2, 0) is 6.42 Å². The summed E-state index contributed by atoms with van der Waals surface area (Å²) < 4.78 is 5.70. The van der Waals surface area contributed by atoms with E-state index in [1.807, 2.05) is 19.1 Å². The van der Waals surface area contributed by atoms with Gasteiger partial charge in [0, 0.05) is 18.9 Å². The maximum absolute atomic E-state index is 5.70. The molecule has 0 saturated heterocycles. The van der Waals surface area contributed by atoms with Crippen LogP contribution in [0, 0.1) is 6.92 Å². The van der Waals surface area contributed by atoms with Crippen LogP contribution in [0.1, 0.15) is 35.6 Å². The average Bonchev–Trinajstić information content (AvgIpc) is 2.80. The minimum atomic E-state index is 0.230. The van der Waals surface area contributed by atoms with Gasteiger partial charge in [-0.15, -0.1) is 0 Å². The number of rotatable bonds is 4. The summed E-state index contributed by atoms with van der Waals surface area (Å²) in [5.41, 5.74) is 8.12. The van der Waals surface area contributed by atoms with Crippen LogP contribution in [0.3, 0.4) is 0 Å². The molecule has 1 aromatic carbocycles. The summed E-state index contributed by atoms with van der Waals surface area (Å²) in [6.07, 6.45) is 2.52. The van der Waals surface area contributed by atoms with Gasteiger partial charge < -0.3 is 10.2 Å². The van der Waals surface area contributed by atoms with Crippen molar-refractivity contribution in [2.24, 2.45) is 5.73 Å². The van der Waals surface area contributed by atoms with Gasteiger partial charge in [-0.2, -0.15) is 0 Å². The Balaban J connectivity index is 2.14. The van der Waals surface area contributed by atoms with Gasteiger partial charge in [-0.3, -0.25) is 0 Å². The van der Waals surface area contributed by atoms with Crippen LogP contribution in [0.2, 0.25) is 0 Å². The predicted molar refractivity (Wildman–Crippen MR) is 68.0 cm³/mol. The zero-order valence-electron chi connectivity index (χ0n) is 10.3. The minimum Gasteiger partial charge on any atom is -0.445 e. The van der Waals surface area contributed by atoms with Crippen molar-refractivity contribution in [1.82, 2.24) is 4.98 Å². The van der Waals surface area contributed by atoms with Gasteiger partial charge in [0.25, 0.3) is 0 Å². The molecular formula is C14H18N2O. The molecule has 1 atom stereocenters. The van der Waals surface area contributed by atoms with Crippen LogP contribution in [-0.4, -0.2) is 11.5 Å². The van der Waals surface area contributed by atoms with Crippen molar-refractivity contribution >= 4 is 0 Å². The molecule has 2 rings (SSSR count). The van der Waals surface area contributed by atoms with Crippen molar-refractivity contribution in [3.05, 3.63) is 53.2 Å². The highest BCUT2D eigenvalue weighted by Gasteiger charge is 2.11. The Morgan fingerprint density at radius 2 is 2.12 bits per heavy atom. The molecule has 17 heavy (non-hydrogen) atoms. The Bertz CT molecular complexity index is 490. The molecule has 0 saturated carbocycles. The first-order chi connectivity index (χ1) is 8.20. The Kier molecular flexibility index (Phi) is 3.59. The third-order valence-corrected chi connectivity index (χ3v) is 3.01. The molecule has 0 aliphatic heterocycles. The van der Waals surface area contributed by atoms with E-state index in [9.17, 15) is 0 Å². The Labute approximate surface area is 102 Å². The van der Waals surface area contributed by atoms with E-state index < -0.39 is 0 Å². The predicted octanol–water partition coefficient (Wildman–Crippen LogP) is 2.64. The number of nitrogens with zero attached hydrogens (tertiary/aromatic N) is 1. The second-order valence-corrected chi connectivity index (χ2v) is 4.40. The monoisotopic (exact) mass is 230 g/mol. The van der Waals surface area contributed by atoms with Gasteiger partial charge >= 0.3 is 0 Å². The van der Waals surface area contributed by atoms with Crippen LogP contribution < -0.4 is 5.73 Å². The van der Waals surface area contributed by atoms with Gasteiger partial charge in [0.2, 0.25) is 0 Å². The number of oxazole rings is 1. The van der Waals surface area contributed by atoms with E-state index in [0.29, 0.717) is 6.54 Å². The molecule has 2 aromatic rings. The number of benzene rings is 1. The molecule has 0 spiro atoms. The SMILES string of the molecule is Cc1ccccc1Cc1ncc(C(C)CN)o1. The molecule has 1 unspecified atom stereocenters. The van der Waals surface area contributed by atoms with E-state index in [2.05, 4.69) is 24.0 Å². The smallest absolute Gasteiger partial charge is 0.198 e. The summed E-state index contributed by atoms with van der Waals surface area (Å²) in [6, 6.07) is 8.28. The molecule has 3 nitrogen and oxygen atoms in total. The normalized spacial score (nSPS) is 12.6. The number of aryl methyl sites for hydroxylation is 1. The maximum Gasteiger partial charge on any atom is 0.198 e. The number of hydrogen-bond acceptors (Lipinski definition) is 3. The maximum atomic E-state index is 5.70. The Morgan fingerprint density at radius 3 is 2.82 bits per heavy atom. The largest absolute Gasteiger partial charge is 0.445 e. The van der Waals surface area contributed by atoms with Gasteiger partial charge in [-0.1, -0.05) is 31.2 Å². The highest BCUT2D eigenvalue weighted by Crippen LogP contribution is 2.18. The van der Waals surface area contributed by atoms with E-state index in [-0.39, 0.29) is 5.92 Å². The molecule has 1 heterocycles. The van der Waals surface area contributed by atoms with Crippen molar-refractivity contribution < 1.29 is 4.42 Å². The molecule has 90 valence electrons. The van der Waals surface area contributed by atoms with Crippen LogP contribution in [0.5, 0.6) is 0 Å². The first-order valence-electron chi connectivity index (χ1n) is 5.90. The van der Waals surface area contributed by atoms with Gasteiger partial charge in [0.05, 0.1) is 6.20 Å². The Hall–Kier alpha value is -1.61. The fraction of sp³-hybridized carbons (Fsp3) is 0.357. The van der Waals surface area contributed by atoms with Gasteiger partial charge in [0.1, 0.15) is 5.76 Å². The number of hydrogen-bond donors (Lipinski definition) is 1. The summed E-state index contributed by atoms with van der Waals surface area (Å²) in [6.45, 7) is 4.72. The zero-order valence-corrected chi connectivity index (χ0v) is 10.3. The lowest BCUT2D eigenvalue weighted by Crippen LogP contribution is -2.07.